The van der Waals surface area contributed by atoms with E-state index in [-0.39, 0.29) is 0 Å². The molecule has 0 amide bonds. The van der Waals surface area contributed by atoms with Crippen molar-refractivity contribution in [2.45, 2.75) is 26.7 Å². The molecule has 0 saturated carbocycles. The van der Waals surface area contributed by atoms with E-state index in [1.165, 1.54) is 43.6 Å². The van der Waals surface area contributed by atoms with Gasteiger partial charge in [-0.1, -0.05) is 91.0 Å². The first-order valence-electron chi connectivity index (χ1n) is 18.6. The largest absolute Gasteiger partial charge is 0.264 e. The maximum atomic E-state index is 5.56. The lowest BCUT2D eigenvalue weighted by Gasteiger charge is -2.21. The summed E-state index contributed by atoms with van der Waals surface area (Å²) in [6.45, 7) is 4.57. The summed E-state index contributed by atoms with van der Waals surface area (Å²) in [5.74, 6) is 0. The first-order valence-corrected chi connectivity index (χ1v) is 18.6. The van der Waals surface area contributed by atoms with E-state index in [4.69, 9.17) is 9.97 Å². The normalized spacial score (nSPS) is 12.9. The van der Waals surface area contributed by atoms with Crippen LogP contribution in [0, 0.1) is 13.8 Å². The Labute approximate surface area is 314 Å². The SMILES string of the molecule is Cc1c2c(-c3ccccc3)nc3cc(-c4cc(-c5cccnc5)cc(-c5cccnc5)c4)ccc3c2c(C)c2c(C3=CCCC=C3)nc3ccccc3c12. The van der Waals surface area contributed by atoms with Gasteiger partial charge in [0.2, 0.25) is 0 Å². The minimum atomic E-state index is 0.961. The maximum Gasteiger partial charge on any atom is 0.0791 e. The van der Waals surface area contributed by atoms with Crippen LogP contribution in [0.15, 0.2) is 158 Å². The second-order valence-corrected chi connectivity index (χ2v) is 14.2. The number of fused-ring (bicyclic) bond motifs is 6. The lowest BCUT2D eigenvalue weighted by atomic mass is 9.85. The number of para-hydroxylation sites is 1. The van der Waals surface area contributed by atoms with E-state index in [0.29, 0.717) is 0 Å². The van der Waals surface area contributed by atoms with Gasteiger partial charge in [0.05, 0.1) is 22.4 Å². The number of hydrogen-bond donors (Lipinski definition) is 0. The van der Waals surface area contributed by atoms with Crippen LogP contribution in [0.5, 0.6) is 0 Å². The minimum absolute atomic E-state index is 0.961. The number of pyridine rings is 4. The molecule has 0 fully saturated rings. The van der Waals surface area contributed by atoms with Crippen molar-refractivity contribution in [3.8, 4) is 44.6 Å². The van der Waals surface area contributed by atoms with E-state index >= 15 is 0 Å². The molecule has 0 N–H and O–H groups in total. The molecular formula is C50H36N4. The average Bonchev–Trinajstić information content (AvgIpc) is 3.25. The number of nitrogens with zero attached hydrogens (tertiary/aromatic N) is 4. The van der Waals surface area contributed by atoms with Gasteiger partial charge >= 0.3 is 0 Å². The highest BCUT2D eigenvalue weighted by molar-refractivity contribution is 6.25. The van der Waals surface area contributed by atoms with E-state index in [0.717, 1.165) is 79.6 Å². The van der Waals surface area contributed by atoms with Crippen LogP contribution in [0.1, 0.15) is 29.7 Å². The minimum Gasteiger partial charge on any atom is -0.264 e. The van der Waals surface area contributed by atoms with Crippen molar-refractivity contribution in [1.82, 2.24) is 19.9 Å². The Morgan fingerprint density at radius 1 is 0.444 bits per heavy atom. The van der Waals surface area contributed by atoms with Gasteiger partial charge in [0, 0.05) is 63.0 Å². The maximum absolute atomic E-state index is 5.56. The van der Waals surface area contributed by atoms with Crippen LogP contribution < -0.4 is 0 Å². The Hall–Kier alpha value is -6.78. The topological polar surface area (TPSA) is 51.6 Å². The summed E-state index contributed by atoms with van der Waals surface area (Å²) in [5.41, 5.74) is 15.3. The van der Waals surface area contributed by atoms with E-state index in [2.05, 4.69) is 145 Å². The summed E-state index contributed by atoms with van der Waals surface area (Å²) in [6.07, 6.45) is 16.4. The molecule has 10 rings (SSSR count). The van der Waals surface area contributed by atoms with Crippen molar-refractivity contribution < 1.29 is 0 Å². The molecule has 0 saturated heterocycles. The molecule has 256 valence electrons. The van der Waals surface area contributed by atoms with Crippen LogP contribution in [0.3, 0.4) is 0 Å². The number of allylic oxidation sites excluding steroid dienone is 4. The van der Waals surface area contributed by atoms with Crippen LogP contribution in [0.4, 0.5) is 0 Å². The fraction of sp³-hybridized carbons (Fsp3) is 0.0800. The Bertz CT molecular complexity index is 2930. The average molecular weight is 693 g/mol. The molecule has 0 unspecified atom stereocenters. The summed E-state index contributed by atoms with van der Waals surface area (Å²) in [5, 5.41) is 7.21. The van der Waals surface area contributed by atoms with E-state index in [9.17, 15) is 0 Å². The lowest BCUT2D eigenvalue weighted by molar-refractivity contribution is 1.04. The molecule has 9 aromatic rings. The zero-order chi connectivity index (χ0) is 36.2. The first kappa shape index (κ1) is 31.9. The predicted molar refractivity (Wildman–Crippen MR) is 225 cm³/mol. The highest BCUT2D eigenvalue weighted by Crippen LogP contribution is 2.45. The van der Waals surface area contributed by atoms with E-state index in [1.54, 1.807) is 0 Å². The molecule has 4 nitrogen and oxygen atoms in total. The van der Waals surface area contributed by atoms with Crippen LogP contribution in [-0.4, -0.2) is 19.9 Å². The van der Waals surface area contributed by atoms with Crippen LogP contribution in [0.25, 0.3) is 93.6 Å². The molecule has 1 aliphatic carbocycles. The number of hydrogen-bond acceptors (Lipinski definition) is 4. The molecule has 0 bridgehead atoms. The second kappa shape index (κ2) is 13.0. The third-order valence-corrected chi connectivity index (χ3v) is 11.0. The number of aromatic nitrogens is 4. The van der Waals surface area contributed by atoms with Gasteiger partial charge in [-0.05, 0) is 119 Å². The Morgan fingerprint density at radius 2 is 1.04 bits per heavy atom. The van der Waals surface area contributed by atoms with Crippen molar-refractivity contribution >= 4 is 48.9 Å². The molecule has 4 aromatic heterocycles. The highest BCUT2D eigenvalue weighted by atomic mass is 14.7. The van der Waals surface area contributed by atoms with Crippen LogP contribution >= 0.6 is 0 Å². The molecule has 0 aliphatic heterocycles. The fourth-order valence-electron chi connectivity index (χ4n) is 8.41. The van der Waals surface area contributed by atoms with Gasteiger partial charge in [-0.2, -0.15) is 0 Å². The van der Waals surface area contributed by atoms with Gasteiger partial charge in [0.25, 0.3) is 0 Å². The monoisotopic (exact) mass is 692 g/mol. The van der Waals surface area contributed by atoms with Gasteiger partial charge in [-0.25, -0.2) is 9.97 Å². The third-order valence-electron chi connectivity index (χ3n) is 11.0. The van der Waals surface area contributed by atoms with Gasteiger partial charge in [0.15, 0.2) is 0 Å². The molecule has 4 heteroatoms. The molecule has 0 radical (unpaired) electrons. The molecule has 0 spiro atoms. The van der Waals surface area contributed by atoms with Crippen molar-refractivity contribution in [3.63, 3.8) is 0 Å². The molecule has 4 heterocycles. The van der Waals surface area contributed by atoms with Crippen molar-refractivity contribution in [1.29, 1.82) is 0 Å². The number of rotatable bonds is 5. The van der Waals surface area contributed by atoms with Crippen LogP contribution in [0.2, 0.25) is 0 Å². The van der Waals surface area contributed by atoms with E-state index < -0.39 is 0 Å². The lowest BCUT2D eigenvalue weighted by Crippen LogP contribution is -2.01. The summed E-state index contributed by atoms with van der Waals surface area (Å²) >= 11 is 0. The summed E-state index contributed by atoms with van der Waals surface area (Å²) in [4.78, 5) is 19.8. The smallest absolute Gasteiger partial charge is 0.0791 e. The van der Waals surface area contributed by atoms with Crippen molar-refractivity contribution in [2.24, 2.45) is 0 Å². The fourth-order valence-corrected chi connectivity index (χ4v) is 8.41. The molecule has 5 aromatic carbocycles. The Balaban J connectivity index is 1.30. The zero-order valence-corrected chi connectivity index (χ0v) is 30.2. The van der Waals surface area contributed by atoms with Gasteiger partial charge in [-0.3, -0.25) is 9.97 Å². The second-order valence-electron chi connectivity index (χ2n) is 14.2. The van der Waals surface area contributed by atoms with Crippen molar-refractivity contribution in [2.75, 3.05) is 0 Å². The third kappa shape index (κ3) is 5.30. The first-order chi connectivity index (χ1) is 26.6. The quantitative estimate of drug-likeness (QED) is 0.133. The summed E-state index contributed by atoms with van der Waals surface area (Å²) < 4.78 is 0. The van der Waals surface area contributed by atoms with Gasteiger partial charge < -0.3 is 0 Å². The molecule has 54 heavy (non-hydrogen) atoms. The number of aryl methyl sites for hydroxylation is 2. The van der Waals surface area contributed by atoms with Crippen molar-refractivity contribution in [3.05, 3.63) is 175 Å². The van der Waals surface area contributed by atoms with Gasteiger partial charge in [0.1, 0.15) is 0 Å². The number of benzene rings is 5. The summed E-state index contributed by atoms with van der Waals surface area (Å²) in [6, 6.07) is 41.0. The molecular weight excluding hydrogens is 657 g/mol. The molecule has 1 aliphatic rings. The van der Waals surface area contributed by atoms with Crippen LogP contribution in [-0.2, 0) is 0 Å². The van der Waals surface area contributed by atoms with E-state index in [1.807, 2.05) is 36.9 Å². The molecule has 0 atom stereocenters. The standard InChI is InChI=1S/C50H36N4/c1-31-45-41-19-9-10-20-43(41)53-49(33-13-5-3-6-14-33)47(45)32(2)46-42-22-21-35(28-44(42)54-50(48(31)46)34-15-7-4-8-16-34)38-25-39(36-17-11-23-51-29-36)27-40(26-38)37-18-12-24-52-30-37/h4-5,7-30H,3,6H2,1-2H3. The predicted octanol–water partition coefficient (Wildman–Crippen LogP) is 12.9. The van der Waals surface area contributed by atoms with Gasteiger partial charge in [-0.15, -0.1) is 0 Å². The Morgan fingerprint density at radius 3 is 1.69 bits per heavy atom. The summed E-state index contributed by atoms with van der Waals surface area (Å²) in [7, 11) is 0. The zero-order valence-electron chi connectivity index (χ0n) is 30.2. The highest BCUT2D eigenvalue weighted by Gasteiger charge is 2.23. The Kier molecular flexibility index (Phi) is 7.69.